The Balaban J connectivity index is 2.28. The number of halogens is 1. The number of alkyl halides is 1. The van der Waals surface area contributed by atoms with Crippen molar-refractivity contribution in [3.05, 3.63) is 0 Å². The molecule has 2 unspecified atom stereocenters. The van der Waals surface area contributed by atoms with Gasteiger partial charge in [-0.15, -0.1) is 11.6 Å². The van der Waals surface area contributed by atoms with Crippen LogP contribution in [0.15, 0.2) is 0 Å². The Morgan fingerprint density at radius 3 is 2.60 bits per heavy atom. The van der Waals surface area contributed by atoms with Gasteiger partial charge in [0.1, 0.15) is 0 Å². The van der Waals surface area contributed by atoms with Gasteiger partial charge in [0.25, 0.3) is 0 Å². The van der Waals surface area contributed by atoms with Crippen molar-refractivity contribution >= 4 is 21.6 Å². The summed E-state index contributed by atoms with van der Waals surface area (Å²) in [6.07, 6.45) is 1.47. The SMILES string of the molecule is CC(CCl)CS(=O)(=O)NCC(O)C1CC1. The van der Waals surface area contributed by atoms with Crippen molar-refractivity contribution in [1.29, 1.82) is 0 Å². The number of sulfonamides is 1. The van der Waals surface area contributed by atoms with Gasteiger partial charge in [0.2, 0.25) is 10.0 Å². The minimum absolute atomic E-state index is 0.0217. The first-order chi connectivity index (χ1) is 6.94. The molecule has 0 saturated heterocycles. The average Bonchev–Trinajstić information content (AvgIpc) is 2.96. The predicted octanol–water partition coefficient (Wildman–Crippen LogP) is 0.552. The first kappa shape index (κ1) is 13.2. The molecule has 0 bridgehead atoms. The van der Waals surface area contributed by atoms with Gasteiger partial charge in [-0.2, -0.15) is 0 Å². The van der Waals surface area contributed by atoms with Crippen LogP contribution in [0.5, 0.6) is 0 Å². The maximum atomic E-state index is 11.5. The standard InChI is InChI=1S/C9H18ClNO3S/c1-7(4-10)6-15(13,14)11-5-9(12)8-2-3-8/h7-9,11-12H,2-6H2,1H3. The molecule has 0 aromatic rings. The van der Waals surface area contributed by atoms with Gasteiger partial charge >= 0.3 is 0 Å². The lowest BCUT2D eigenvalue weighted by Gasteiger charge is -2.13. The highest BCUT2D eigenvalue weighted by molar-refractivity contribution is 7.89. The van der Waals surface area contributed by atoms with Crippen LogP contribution in [0.2, 0.25) is 0 Å². The number of aliphatic hydroxyl groups is 1. The van der Waals surface area contributed by atoms with Gasteiger partial charge in [-0.3, -0.25) is 0 Å². The van der Waals surface area contributed by atoms with E-state index in [2.05, 4.69) is 4.72 Å². The van der Waals surface area contributed by atoms with E-state index >= 15 is 0 Å². The number of aliphatic hydroxyl groups excluding tert-OH is 1. The summed E-state index contributed by atoms with van der Waals surface area (Å²) in [7, 11) is -3.29. The highest BCUT2D eigenvalue weighted by atomic mass is 35.5. The fourth-order valence-corrected chi connectivity index (χ4v) is 2.99. The molecular formula is C9H18ClNO3S. The molecule has 1 saturated carbocycles. The summed E-state index contributed by atoms with van der Waals surface area (Å²) in [5.74, 6) is 0.570. The molecule has 0 aromatic heterocycles. The molecule has 15 heavy (non-hydrogen) atoms. The summed E-state index contributed by atoms with van der Waals surface area (Å²) in [4.78, 5) is 0. The van der Waals surface area contributed by atoms with Crippen LogP contribution in [0.3, 0.4) is 0 Å². The van der Waals surface area contributed by atoms with Gasteiger partial charge in [0.15, 0.2) is 0 Å². The van der Waals surface area contributed by atoms with E-state index in [1.165, 1.54) is 0 Å². The average molecular weight is 256 g/mol. The lowest BCUT2D eigenvalue weighted by Crippen LogP contribution is -2.36. The maximum absolute atomic E-state index is 11.5. The third kappa shape index (κ3) is 5.15. The minimum atomic E-state index is -3.29. The van der Waals surface area contributed by atoms with Crippen molar-refractivity contribution in [1.82, 2.24) is 4.72 Å². The maximum Gasteiger partial charge on any atom is 0.211 e. The first-order valence-electron chi connectivity index (χ1n) is 5.16. The van der Waals surface area contributed by atoms with Crippen LogP contribution in [0.4, 0.5) is 0 Å². The number of rotatable bonds is 7. The van der Waals surface area contributed by atoms with E-state index in [9.17, 15) is 13.5 Å². The highest BCUT2D eigenvalue weighted by Gasteiger charge is 2.30. The molecule has 2 N–H and O–H groups in total. The summed E-state index contributed by atoms with van der Waals surface area (Å²) < 4.78 is 25.3. The van der Waals surface area contributed by atoms with Crippen molar-refractivity contribution in [2.75, 3.05) is 18.2 Å². The smallest absolute Gasteiger partial charge is 0.211 e. The van der Waals surface area contributed by atoms with E-state index in [4.69, 9.17) is 11.6 Å². The zero-order valence-electron chi connectivity index (χ0n) is 8.82. The number of hydrogen-bond donors (Lipinski definition) is 2. The van der Waals surface area contributed by atoms with Gasteiger partial charge in [0, 0.05) is 12.4 Å². The lowest BCUT2D eigenvalue weighted by molar-refractivity contribution is 0.155. The zero-order valence-corrected chi connectivity index (χ0v) is 10.4. The van der Waals surface area contributed by atoms with Gasteiger partial charge in [-0.25, -0.2) is 13.1 Å². The summed E-state index contributed by atoms with van der Waals surface area (Å²) in [6.45, 7) is 1.91. The molecule has 90 valence electrons. The molecule has 0 spiro atoms. The fraction of sp³-hybridized carbons (Fsp3) is 1.00. The molecule has 0 heterocycles. The van der Waals surface area contributed by atoms with Crippen LogP contribution >= 0.6 is 11.6 Å². The van der Waals surface area contributed by atoms with Crippen molar-refractivity contribution in [3.63, 3.8) is 0 Å². The van der Waals surface area contributed by atoms with E-state index in [1.807, 2.05) is 0 Å². The molecule has 0 amide bonds. The van der Waals surface area contributed by atoms with E-state index in [0.717, 1.165) is 12.8 Å². The van der Waals surface area contributed by atoms with Crippen LogP contribution in [-0.4, -0.2) is 37.8 Å². The molecular weight excluding hydrogens is 238 g/mol. The summed E-state index contributed by atoms with van der Waals surface area (Å²) in [6, 6.07) is 0. The molecule has 0 radical (unpaired) electrons. The van der Waals surface area contributed by atoms with Crippen molar-refractivity contribution in [3.8, 4) is 0 Å². The van der Waals surface area contributed by atoms with Crippen LogP contribution < -0.4 is 4.72 Å². The Labute approximate surface area is 96.1 Å². The molecule has 0 aliphatic heterocycles. The van der Waals surface area contributed by atoms with Gasteiger partial charge in [-0.05, 0) is 24.7 Å². The second-order valence-electron chi connectivity index (χ2n) is 4.29. The number of hydrogen-bond acceptors (Lipinski definition) is 3. The van der Waals surface area contributed by atoms with Crippen molar-refractivity contribution < 1.29 is 13.5 Å². The molecule has 2 atom stereocenters. The second-order valence-corrected chi connectivity index (χ2v) is 6.45. The Morgan fingerprint density at radius 2 is 2.13 bits per heavy atom. The van der Waals surface area contributed by atoms with E-state index < -0.39 is 16.1 Å². The third-order valence-corrected chi connectivity index (χ3v) is 4.59. The van der Waals surface area contributed by atoms with E-state index in [0.29, 0.717) is 5.88 Å². The summed E-state index contributed by atoms with van der Waals surface area (Å²) >= 11 is 5.54. The summed E-state index contributed by atoms with van der Waals surface area (Å²) in [5.41, 5.74) is 0. The molecule has 1 fully saturated rings. The normalized spacial score (nSPS) is 21.3. The summed E-state index contributed by atoms with van der Waals surface area (Å²) in [5, 5.41) is 9.49. The number of nitrogens with one attached hydrogen (secondary N) is 1. The van der Waals surface area contributed by atoms with Gasteiger partial charge in [-0.1, -0.05) is 6.92 Å². The van der Waals surface area contributed by atoms with Crippen LogP contribution in [0, 0.1) is 11.8 Å². The molecule has 1 aliphatic carbocycles. The lowest BCUT2D eigenvalue weighted by atomic mass is 10.2. The zero-order chi connectivity index (χ0) is 11.5. The van der Waals surface area contributed by atoms with Crippen LogP contribution in [0.1, 0.15) is 19.8 Å². The Kier molecular flexibility index (Phi) is 4.83. The topological polar surface area (TPSA) is 66.4 Å². The molecule has 1 rings (SSSR count). The quantitative estimate of drug-likeness (QED) is 0.653. The Bertz CT molecular complexity index is 290. The minimum Gasteiger partial charge on any atom is -0.391 e. The van der Waals surface area contributed by atoms with Crippen molar-refractivity contribution in [2.24, 2.45) is 11.8 Å². The third-order valence-electron chi connectivity index (χ3n) is 2.45. The Hall–Kier alpha value is 0.160. The second kappa shape index (κ2) is 5.48. The van der Waals surface area contributed by atoms with Crippen LogP contribution in [0.25, 0.3) is 0 Å². The van der Waals surface area contributed by atoms with E-state index in [1.54, 1.807) is 6.92 Å². The largest absolute Gasteiger partial charge is 0.391 e. The van der Waals surface area contributed by atoms with Crippen molar-refractivity contribution in [2.45, 2.75) is 25.9 Å². The molecule has 6 heteroatoms. The molecule has 1 aliphatic rings. The van der Waals surface area contributed by atoms with E-state index in [-0.39, 0.29) is 24.1 Å². The Morgan fingerprint density at radius 1 is 1.53 bits per heavy atom. The molecule has 0 aromatic carbocycles. The fourth-order valence-electron chi connectivity index (χ4n) is 1.34. The first-order valence-corrected chi connectivity index (χ1v) is 7.34. The van der Waals surface area contributed by atoms with Crippen LogP contribution in [-0.2, 0) is 10.0 Å². The molecule has 4 nitrogen and oxygen atoms in total. The monoisotopic (exact) mass is 255 g/mol. The van der Waals surface area contributed by atoms with Gasteiger partial charge in [0.05, 0.1) is 11.9 Å². The predicted molar refractivity (Wildman–Crippen MR) is 60.4 cm³/mol. The highest BCUT2D eigenvalue weighted by Crippen LogP contribution is 2.32. The van der Waals surface area contributed by atoms with Gasteiger partial charge < -0.3 is 5.11 Å².